The van der Waals surface area contributed by atoms with E-state index in [-0.39, 0.29) is 10.8 Å². The Hall–Kier alpha value is 0.320. The van der Waals surface area contributed by atoms with Crippen molar-refractivity contribution < 1.29 is 0 Å². The highest BCUT2D eigenvalue weighted by molar-refractivity contribution is 6.31. The van der Waals surface area contributed by atoms with Gasteiger partial charge in [-0.2, -0.15) is 0 Å². The van der Waals surface area contributed by atoms with E-state index in [1.807, 2.05) is 12.2 Å². The van der Waals surface area contributed by atoms with Crippen molar-refractivity contribution in [3.63, 3.8) is 0 Å². The highest BCUT2D eigenvalue weighted by atomic mass is 35.5. The number of alkyl halides is 2. The van der Waals surface area contributed by atoms with Gasteiger partial charge >= 0.3 is 0 Å². The molecule has 40 valence electrons. The third kappa shape index (κ3) is 1.11. The molecule has 0 aromatic heterocycles. The molecule has 0 N–H and O–H groups in total. The molecule has 2 atom stereocenters. The SMILES string of the molecule is ClC1C=CCC1Cl. The van der Waals surface area contributed by atoms with Crippen molar-refractivity contribution in [2.75, 3.05) is 0 Å². The Balaban J connectivity index is 2.45. The second-order valence-electron chi connectivity index (χ2n) is 1.62. The average molecular weight is 137 g/mol. The Morgan fingerprint density at radius 3 is 2.29 bits per heavy atom. The van der Waals surface area contributed by atoms with Crippen LogP contribution in [0.2, 0.25) is 0 Å². The molecule has 0 saturated carbocycles. The van der Waals surface area contributed by atoms with Crippen molar-refractivity contribution in [1.29, 1.82) is 0 Å². The normalized spacial score (nSPS) is 39.7. The van der Waals surface area contributed by atoms with Gasteiger partial charge in [-0.1, -0.05) is 12.2 Å². The van der Waals surface area contributed by atoms with E-state index in [0.29, 0.717) is 0 Å². The third-order valence-electron chi connectivity index (χ3n) is 1.03. The van der Waals surface area contributed by atoms with Gasteiger partial charge in [0.1, 0.15) is 0 Å². The molecule has 0 radical (unpaired) electrons. The summed E-state index contributed by atoms with van der Waals surface area (Å²) in [5, 5.41) is 0.211. The molecule has 0 amide bonds. The predicted octanol–water partition coefficient (Wildman–Crippen LogP) is 2.16. The number of hydrogen-bond donors (Lipinski definition) is 0. The lowest BCUT2D eigenvalue weighted by molar-refractivity contribution is 0.946. The second kappa shape index (κ2) is 2.06. The first kappa shape index (κ1) is 5.46. The summed E-state index contributed by atoms with van der Waals surface area (Å²) in [7, 11) is 0. The summed E-state index contributed by atoms with van der Waals surface area (Å²) >= 11 is 11.3. The van der Waals surface area contributed by atoms with E-state index in [0.717, 1.165) is 6.42 Å². The van der Waals surface area contributed by atoms with Gasteiger partial charge in [-0.15, -0.1) is 23.2 Å². The fourth-order valence-electron chi connectivity index (χ4n) is 0.589. The van der Waals surface area contributed by atoms with E-state index in [4.69, 9.17) is 23.2 Å². The van der Waals surface area contributed by atoms with Crippen LogP contribution < -0.4 is 0 Å². The first-order valence-electron chi connectivity index (χ1n) is 2.25. The molecule has 1 rings (SSSR count). The van der Waals surface area contributed by atoms with Crippen LogP contribution in [0.3, 0.4) is 0 Å². The van der Waals surface area contributed by atoms with Crippen molar-refractivity contribution in [2.45, 2.75) is 17.2 Å². The Morgan fingerprint density at radius 2 is 2.14 bits per heavy atom. The maximum absolute atomic E-state index is 5.67. The number of rotatable bonds is 0. The minimum atomic E-state index is 0.0710. The van der Waals surface area contributed by atoms with Crippen molar-refractivity contribution in [1.82, 2.24) is 0 Å². The summed E-state index contributed by atoms with van der Waals surface area (Å²) < 4.78 is 0. The Morgan fingerprint density at radius 1 is 1.43 bits per heavy atom. The lowest BCUT2D eigenvalue weighted by Crippen LogP contribution is -2.04. The maximum Gasteiger partial charge on any atom is 0.0682 e. The predicted molar refractivity (Wildman–Crippen MR) is 33.0 cm³/mol. The van der Waals surface area contributed by atoms with Crippen LogP contribution in [0.25, 0.3) is 0 Å². The van der Waals surface area contributed by atoms with Gasteiger partial charge in [0.15, 0.2) is 0 Å². The average Bonchev–Trinajstić information content (AvgIpc) is 1.91. The van der Waals surface area contributed by atoms with Crippen LogP contribution in [-0.2, 0) is 0 Å². The molecular weight excluding hydrogens is 131 g/mol. The lowest BCUT2D eigenvalue weighted by atomic mass is 10.3. The van der Waals surface area contributed by atoms with Gasteiger partial charge in [0, 0.05) is 0 Å². The minimum Gasteiger partial charge on any atom is -0.121 e. The summed E-state index contributed by atoms with van der Waals surface area (Å²) in [4.78, 5) is 0. The first-order chi connectivity index (χ1) is 3.30. The molecule has 0 aliphatic heterocycles. The quantitative estimate of drug-likeness (QED) is 0.354. The van der Waals surface area contributed by atoms with E-state index in [2.05, 4.69) is 0 Å². The molecule has 0 heterocycles. The molecule has 1 aliphatic rings. The zero-order chi connectivity index (χ0) is 5.28. The molecule has 0 aromatic carbocycles. The zero-order valence-electron chi connectivity index (χ0n) is 3.77. The molecule has 0 aromatic rings. The Bertz CT molecular complexity index is 88.1. The van der Waals surface area contributed by atoms with Crippen LogP contribution in [0.4, 0.5) is 0 Å². The van der Waals surface area contributed by atoms with Crippen LogP contribution in [0, 0.1) is 0 Å². The van der Waals surface area contributed by atoms with Gasteiger partial charge < -0.3 is 0 Å². The molecule has 0 bridgehead atoms. The fraction of sp³-hybridized carbons (Fsp3) is 0.600. The van der Waals surface area contributed by atoms with E-state index in [1.54, 1.807) is 0 Å². The van der Waals surface area contributed by atoms with Crippen LogP contribution in [-0.4, -0.2) is 10.8 Å². The summed E-state index contributed by atoms with van der Waals surface area (Å²) in [6.45, 7) is 0. The van der Waals surface area contributed by atoms with Gasteiger partial charge in [0.25, 0.3) is 0 Å². The fourth-order valence-corrected chi connectivity index (χ4v) is 0.982. The molecule has 0 spiro atoms. The molecule has 0 saturated heterocycles. The largest absolute Gasteiger partial charge is 0.121 e. The zero-order valence-corrected chi connectivity index (χ0v) is 5.28. The summed E-state index contributed by atoms with van der Waals surface area (Å²) in [6.07, 6.45) is 4.87. The highest BCUT2D eigenvalue weighted by Gasteiger charge is 2.16. The van der Waals surface area contributed by atoms with Crippen molar-refractivity contribution in [3.8, 4) is 0 Å². The Labute approximate surface area is 53.1 Å². The third-order valence-corrected chi connectivity index (χ3v) is 2.05. The lowest BCUT2D eigenvalue weighted by Gasteiger charge is -1.99. The molecule has 0 nitrogen and oxygen atoms in total. The number of halogens is 2. The summed E-state index contributed by atoms with van der Waals surface area (Å²) in [6, 6.07) is 0. The maximum atomic E-state index is 5.67. The smallest absolute Gasteiger partial charge is 0.0682 e. The van der Waals surface area contributed by atoms with E-state index in [1.165, 1.54) is 0 Å². The van der Waals surface area contributed by atoms with E-state index < -0.39 is 0 Å². The standard InChI is InChI=1S/C5H6Cl2/c6-4-2-1-3-5(4)7/h1-2,4-5H,3H2. The van der Waals surface area contributed by atoms with Crippen molar-refractivity contribution in [2.24, 2.45) is 0 Å². The minimum absolute atomic E-state index is 0.0710. The van der Waals surface area contributed by atoms with Crippen molar-refractivity contribution >= 4 is 23.2 Å². The number of allylic oxidation sites excluding steroid dienone is 2. The Kier molecular flexibility index (Phi) is 1.61. The topological polar surface area (TPSA) is 0 Å². The van der Waals surface area contributed by atoms with Crippen LogP contribution in [0.5, 0.6) is 0 Å². The van der Waals surface area contributed by atoms with Gasteiger partial charge in [-0.3, -0.25) is 0 Å². The highest BCUT2D eigenvalue weighted by Crippen LogP contribution is 2.21. The van der Waals surface area contributed by atoms with Gasteiger partial charge in [-0.25, -0.2) is 0 Å². The molecule has 2 heteroatoms. The van der Waals surface area contributed by atoms with Crippen molar-refractivity contribution in [3.05, 3.63) is 12.2 Å². The van der Waals surface area contributed by atoms with E-state index >= 15 is 0 Å². The van der Waals surface area contributed by atoms with Crippen LogP contribution in [0.15, 0.2) is 12.2 Å². The second-order valence-corrected chi connectivity index (χ2v) is 2.69. The van der Waals surface area contributed by atoms with Crippen LogP contribution >= 0.6 is 23.2 Å². The number of hydrogen-bond acceptors (Lipinski definition) is 0. The summed E-state index contributed by atoms with van der Waals surface area (Å²) in [5.74, 6) is 0. The molecule has 2 unspecified atom stereocenters. The van der Waals surface area contributed by atoms with Gasteiger partial charge in [0.05, 0.1) is 10.8 Å². The molecule has 0 fully saturated rings. The molecule has 7 heavy (non-hydrogen) atoms. The van der Waals surface area contributed by atoms with Crippen LogP contribution in [0.1, 0.15) is 6.42 Å². The monoisotopic (exact) mass is 136 g/mol. The van der Waals surface area contributed by atoms with E-state index in [9.17, 15) is 0 Å². The van der Waals surface area contributed by atoms with Gasteiger partial charge in [-0.05, 0) is 6.42 Å². The first-order valence-corrected chi connectivity index (χ1v) is 3.13. The van der Waals surface area contributed by atoms with Gasteiger partial charge in [0.2, 0.25) is 0 Å². The molecule has 1 aliphatic carbocycles. The molecular formula is C5H6Cl2. The summed E-state index contributed by atoms with van der Waals surface area (Å²) in [5.41, 5.74) is 0.